The average molecular weight is 406 g/mol. The molecule has 0 saturated carbocycles. The first-order valence-corrected chi connectivity index (χ1v) is 10.2. The lowest BCUT2D eigenvalue weighted by molar-refractivity contribution is -0.119. The summed E-state index contributed by atoms with van der Waals surface area (Å²) in [6.45, 7) is 4.00. The molecule has 0 spiro atoms. The molecular weight excluding hydrogens is 384 g/mol. The number of aryl methyl sites for hydroxylation is 2. The summed E-state index contributed by atoms with van der Waals surface area (Å²) < 4.78 is 38.0. The molecule has 9 nitrogen and oxygen atoms in total. The van der Waals surface area contributed by atoms with Crippen molar-refractivity contribution in [1.82, 2.24) is 14.3 Å². The maximum atomic E-state index is 12.8. The average Bonchev–Trinajstić information content (AvgIpc) is 3.08. The highest BCUT2D eigenvalue weighted by Crippen LogP contribution is 2.24. The van der Waals surface area contributed by atoms with Gasteiger partial charge >= 0.3 is 6.01 Å². The number of carbonyl (C=O) groups excluding carboxylic acids is 1. The van der Waals surface area contributed by atoms with Crippen LogP contribution >= 0.6 is 0 Å². The van der Waals surface area contributed by atoms with Gasteiger partial charge in [0.05, 0.1) is 11.4 Å². The molecule has 1 atom stereocenters. The van der Waals surface area contributed by atoms with Gasteiger partial charge in [0.15, 0.2) is 6.61 Å². The lowest BCUT2D eigenvalue weighted by Gasteiger charge is -2.17. The Morgan fingerprint density at radius 1 is 1.21 bits per heavy atom. The highest BCUT2D eigenvalue weighted by molar-refractivity contribution is 7.89. The minimum Gasteiger partial charge on any atom is -0.484 e. The van der Waals surface area contributed by atoms with E-state index in [1.165, 1.54) is 28.6 Å². The van der Waals surface area contributed by atoms with E-state index in [9.17, 15) is 13.2 Å². The highest BCUT2D eigenvalue weighted by Gasteiger charge is 2.34. The number of aromatic nitrogens is 2. The van der Waals surface area contributed by atoms with Gasteiger partial charge in [-0.1, -0.05) is 0 Å². The summed E-state index contributed by atoms with van der Waals surface area (Å²) in [5, 5.41) is 0. The molecule has 3 rings (SSSR count). The summed E-state index contributed by atoms with van der Waals surface area (Å²) in [6, 6.07) is 7.96. The third-order valence-electron chi connectivity index (χ3n) is 4.18. The van der Waals surface area contributed by atoms with Crippen LogP contribution < -0.4 is 15.2 Å². The highest BCUT2D eigenvalue weighted by atomic mass is 32.2. The van der Waals surface area contributed by atoms with E-state index in [-0.39, 0.29) is 30.2 Å². The molecule has 1 aliphatic rings. The number of primary amides is 1. The largest absolute Gasteiger partial charge is 0.484 e. The lowest BCUT2D eigenvalue weighted by Crippen LogP contribution is -2.31. The zero-order valence-electron chi connectivity index (χ0n) is 15.7. The molecule has 2 heterocycles. The van der Waals surface area contributed by atoms with Crippen LogP contribution in [0.3, 0.4) is 0 Å². The van der Waals surface area contributed by atoms with Crippen molar-refractivity contribution in [2.75, 3.05) is 19.7 Å². The van der Waals surface area contributed by atoms with E-state index in [1.54, 1.807) is 0 Å². The van der Waals surface area contributed by atoms with Crippen molar-refractivity contribution in [3.05, 3.63) is 41.7 Å². The van der Waals surface area contributed by atoms with E-state index < -0.39 is 15.9 Å². The minimum atomic E-state index is -3.66. The van der Waals surface area contributed by atoms with Gasteiger partial charge in [-0.05, 0) is 50.6 Å². The quantitative estimate of drug-likeness (QED) is 0.721. The molecular formula is C18H22N4O5S. The summed E-state index contributed by atoms with van der Waals surface area (Å²) >= 11 is 0. The van der Waals surface area contributed by atoms with E-state index in [1.807, 2.05) is 19.9 Å². The zero-order valence-corrected chi connectivity index (χ0v) is 16.5. The number of nitrogens with zero attached hydrogens (tertiary/aromatic N) is 3. The van der Waals surface area contributed by atoms with Crippen LogP contribution in [0.5, 0.6) is 11.8 Å². The number of ether oxygens (including phenoxy) is 2. The molecule has 0 aliphatic carbocycles. The van der Waals surface area contributed by atoms with Gasteiger partial charge in [-0.3, -0.25) is 4.79 Å². The van der Waals surface area contributed by atoms with Crippen molar-refractivity contribution in [2.24, 2.45) is 5.73 Å². The van der Waals surface area contributed by atoms with Crippen LogP contribution in [0.2, 0.25) is 0 Å². The predicted molar refractivity (Wildman–Crippen MR) is 100 cm³/mol. The van der Waals surface area contributed by atoms with E-state index in [0.717, 1.165) is 11.4 Å². The van der Waals surface area contributed by atoms with Crippen molar-refractivity contribution in [3.63, 3.8) is 0 Å². The molecule has 0 unspecified atom stereocenters. The Bertz CT molecular complexity index is 942. The number of hydrogen-bond donors (Lipinski definition) is 1. The third kappa shape index (κ3) is 4.76. The second kappa shape index (κ2) is 8.11. The van der Waals surface area contributed by atoms with Crippen LogP contribution in [0.1, 0.15) is 17.8 Å². The van der Waals surface area contributed by atoms with Gasteiger partial charge in [-0.2, -0.15) is 4.31 Å². The maximum Gasteiger partial charge on any atom is 0.317 e. The van der Waals surface area contributed by atoms with Crippen LogP contribution in [-0.2, 0) is 14.8 Å². The molecule has 1 saturated heterocycles. The Labute approximate surface area is 163 Å². The zero-order chi connectivity index (χ0) is 20.3. The van der Waals surface area contributed by atoms with Gasteiger partial charge in [0.1, 0.15) is 11.9 Å². The van der Waals surface area contributed by atoms with Crippen LogP contribution in [0.4, 0.5) is 0 Å². The Hall–Kier alpha value is -2.72. The standard InChI is InChI=1S/C18H22N4O5S/c1-12-9-13(2)21-18(20-12)27-15-7-8-22(10-15)28(24,25)16-5-3-14(4-6-16)26-11-17(19)23/h3-6,9,15H,7-8,10-11H2,1-2H3,(H2,19,23)/t15-/m0/s1. The number of sulfonamides is 1. The van der Waals surface area contributed by atoms with E-state index in [0.29, 0.717) is 18.7 Å². The number of rotatable bonds is 7. The first-order valence-electron chi connectivity index (χ1n) is 8.74. The summed E-state index contributed by atoms with van der Waals surface area (Å²) in [6.07, 6.45) is 0.240. The van der Waals surface area contributed by atoms with Crippen molar-refractivity contribution >= 4 is 15.9 Å². The van der Waals surface area contributed by atoms with Crippen LogP contribution in [0.25, 0.3) is 0 Å². The molecule has 1 aromatic heterocycles. The Morgan fingerprint density at radius 3 is 2.46 bits per heavy atom. The molecule has 1 aliphatic heterocycles. The van der Waals surface area contributed by atoms with Gasteiger partial charge in [0.25, 0.3) is 5.91 Å². The van der Waals surface area contributed by atoms with Crippen LogP contribution in [0, 0.1) is 13.8 Å². The molecule has 1 fully saturated rings. The summed E-state index contributed by atoms with van der Waals surface area (Å²) in [4.78, 5) is 19.4. The minimum absolute atomic E-state index is 0.141. The molecule has 1 amide bonds. The smallest absolute Gasteiger partial charge is 0.317 e. The fourth-order valence-corrected chi connectivity index (χ4v) is 4.41. The van der Waals surface area contributed by atoms with E-state index in [2.05, 4.69) is 9.97 Å². The molecule has 2 N–H and O–H groups in total. The molecule has 28 heavy (non-hydrogen) atoms. The molecule has 1 aromatic carbocycles. The number of amides is 1. The summed E-state index contributed by atoms with van der Waals surface area (Å²) in [5.74, 6) is -0.236. The topological polar surface area (TPSA) is 125 Å². The number of benzene rings is 1. The second-order valence-corrected chi connectivity index (χ2v) is 8.49. The van der Waals surface area contributed by atoms with Crippen LogP contribution in [0.15, 0.2) is 35.2 Å². The first-order chi connectivity index (χ1) is 13.2. The van der Waals surface area contributed by atoms with Gasteiger partial charge in [0, 0.05) is 17.9 Å². The SMILES string of the molecule is Cc1cc(C)nc(O[C@H]2CCN(S(=O)(=O)c3ccc(OCC(N)=O)cc3)C2)n1. The lowest BCUT2D eigenvalue weighted by atomic mass is 10.3. The van der Waals surface area contributed by atoms with Crippen molar-refractivity contribution in [1.29, 1.82) is 0 Å². The Kier molecular flexibility index (Phi) is 5.80. The second-order valence-electron chi connectivity index (χ2n) is 6.55. The van der Waals surface area contributed by atoms with Crippen LogP contribution in [-0.4, -0.2) is 54.4 Å². The fourth-order valence-electron chi connectivity index (χ4n) is 2.92. The number of nitrogens with two attached hydrogens (primary N) is 1. The van der Waals surface area contributed by atoms with E-state index >= 15 is 0 Å². The first kappa shape index (κ1) is 20.0. The van der Waals surface area contributed by atoms with Gasteiger partial charge in [0.2, 0.25) is 10.0 Å². The summed E-state index contributed by atoms with van der Waals surface area (Å²) in [7, 11) is -3.66. The number of carbonyl (C=O) groups is 1. The third-order valence-corrected chi connectivity index (χ3v) is 6.06. The van der Waals surface area contributed by atoms with Gasteiger partial charge in [-0.25, -0.2) is 18.4 Å². The maximum absolute atomic E-state index is 12.8. The predicted octanol–water partition coefficient (Wildman–Crippen LogP) is 0.800. The molecule has 150 valence electrons. The molecule has 0 bridgehead atoms. The molecule has 0 radical (unpaired) electrons. The number of hydrogen-bond acceptors (Lipinski definition) is 7. The fraction of sp³-hybridized carbons (Fsp3) is 0.389. The Balaban J connectivity index is 1.65. The molecule has 2 aromatic rings. The summed E-state index contributed by atoms with van der Waals surface area (Å²) in [5.41, 5.74) is 6.61. The van der Waals surface area contributed by atoms with Gasteiger partial charge in [-0.15, -0.1) is 0 Å². The van der Waals surface area contributed by atoms with Crippen molar-refractivity contribution in [2.45, 2.75) is 31.3 Å². The normalized spacial score (nSPS) is 17.4. The Morgan fingerprint density at radius 2 is 1.86 bits per heavy atom. The molecule has 10 heteroatoms. The monoisotopic (exact) mass is 406 g/mol. The van der Waals surface area contributed by atoms with Gasteiger partial charge < -0.3 is 15.2 Å². The van der Waals surface area contributed by atoms with Crippen molar-refractivity contribution < 1.29 is 22.7 Å². The van der Waals surface area contributed by atoms with E-state index in [4.69, 9.17) is 15.2 Å². The van der Waals surface area contributed by atoms with Crippen molar-refractivity contribution in [3.8, 4) is 11.8 Å².